The first-order chi connectivity index (χ1) is 21.3. The smallest absolute Gasteiger partial charge is 0.247 e. The Kier molecular flexibility index (Phi) is 8.69. The lowest BCUT2D eigenvalue weighted by Crippen LogP contribution is -2.69. The van der Waals surface area contributed by atoms with Gasteiger partial charge in [-0.1, -0.05) is 0 Å². The Labute approximate surface area is 267 Å². The molecular formula is C26H32N4O12S4. The molecule has 0 unspecified atom stereocenters. The number of nitrogens with zero attached hydrogens (tertiary/aromatic N) is 2. The zero-order valence-corrected chi connectivity index (χ0v) is 28.3. The topological polar surface area (TPSA) is 220 Å². The highest BCUT2D eigenvalue weighted by atomic mass is 32.2. The molecule has 0 aliphatic carbocycles. The van der Waals surface area contributed by atoms with Gasteiger partial charge in [0, 0.05) is 25.2 Å². The van der Waals surface area contributed by atoms with Gasteiger partial charge in [0.25, 0.3) is 0 Å². The minimum Gasteiger partial charge on any atom is -0.495 e. The van der Waals surface area contributed by atoms with Crippen LogP contribution in [0.25, 0.3) is 0 Å². The molecule has 2 aromatic carbocycles. The number of amides is 2. The van der Waals surface area contributed by atoms with Crippen molar-refractivity contribution in [3.63, 3.8) is 0 Å². The number of ether oxygens (including phenoxy) is 2. The molecule has 2 N–H and O–H groups in total. The number of sulfonamides is 2. The van der Waals surface area contributed by atoms with Crippen molar-refractivity contribution in [3.05, 3.63) is 36.4 Å². The third kappa shape index (κ3) is 6.08. The highest BCUT2D eigenvalue weighted by Gasteiger charge is 2.64. The van der Waals surface area contributed by atoms with Gasteiger partial charge in [-0.05, 0) is 36.4 Å². The fraction of sp³-hybridized carbons (Fsp3) is 0.462. The van der Waals surface area contributed by atoms with Crippen molar-refractivity contribution in [2.45, 2.75) is 47.8 Å². The van der Waals surface area contributed by atoms with Crippen LogP contribution in [0.4, 0.5) is 11.4 Å². The molecule has 20 heteroatoms. The Bertz CT molecular complexity index is 1870. The number of carbonyl (C=O) groups excluding carboxylic acids is 2. The molecule has 0 radical (unpaired) electrons. The van der Waals surface area contributed by atoms with Gasteiger partial charge < -0.3 is 20.1 Å². The van der Waals surface area contributed by atoms with Crippen LogP contribution in [-0.2, 0) is 49.3 Å². The van der Waals surface area contributed by atoms with Gasteiger partial charge in [0.05, 0.1) is 61.4 Å². The van der Waals surface area contributed by atoms with E-state index in [2.05, 4.69) is 10.6 Å². The largest absolute Gasteiger partial charge is 0.495 e. The summed E-state index contributed by atoms with van der Waals surface area (Å²) in [5, 5.41) is 4.94. The van der Waals surface area contributed by atoms with Crippen molar-refractivity contribution < 1.29 is 52.7 Å². The van der Waals surface area contributed by atoms with E-state index in [4.69, 9.17) is 9.47 Å². The number of methoxy groups -OCH3 is 2. The van der Waals surface area contributed by atoms with Gasteiger partial charge >= 0.3 is 0 Å². The summed E-state index contributed by atoms with van der Waals surface area (Å²) in [6.07, 6.45) is 0. The lowest BCUT2D eigenvalue weighted by molar-refractivity contribution is -0.115. The zero-order chi connectivity index (χ0) is 34.0. The second-order valence-corrected chi connectivity index (χ2v) is 19.1. The highest BCUT2D eigenvalue weighted by Crippen LogP contribution is 2.45. The van der Waals surface area contributed by atoms with E-state index in [1.54, 1.807) is 0 Å². The second-order valence-electron chi connectivity index (χ2n) is 11.2. The number of anilines is 2. The van der Waals surface area contributed by atoms with E-state index >= 15 is 0 Å². The van der Waals surface area contributed by atoms with Crippen LogP contribution in [0.2, 0.25) is 0 Å². The van der Waals surface area contributed by atoms with Crippen LogP contribution >= 0.6 is 0 Å². The monoisotopic (exact) mass is 720 g/mol. The van der Waals surface area contributed by atoms with Gasteiger partial charge in [0.2, 0.25) is 31.9 Å². The molecule has 0 spiro atoms. The molecule has 2 amide bonds. The Morgan fingerprint density at radius 3 is 1.22 bits per heavy atom. The number of carbonyl (C=O) groups is 2. The maximum absolute atomic E-state index is 14.5. The third-order valence-corrected chi connectivity index (χ3v) is 15.3. The van der Waals surface area contributed by atoms with E-state index in [0.29, 0.717) is 0 Å². The van der Waals surface area contributed by atoms with E-state index in [1.165, 1.54) is 52.3 Å². The lowest BCUT2D eigenvalue weighted by Gasteiger charge is -2.49. The number of rotatable bonds is 8. The number of hydrogen-bond donors (Lipinski definition) is 2. The van der Waals surface area contributed by atoms with Crippen LogP contribution in [0.15, 0.2) is 46.2 Å². The molecule has 16 nitrogen and oxygen atoms in total. The Morgan fingerprint density at radius 2 is 0.957 bits per heavy atom. The van der Waals surface area contributed by atoms with Crippen LogP contribution in [0.5, 0.6) is 11.5 Å². The lowest BCUT2D eigenvalue weighted by atomic mass is 10.0. The van der Waals surface area contributed by atoms with Crippen molar-refractivity contribution in [3.8, 4) is 11.5 Å². The van der Waals surface area contributed by atoms with Crippen molar-refractivity contribution in [2.24, 2.45) is 0 Å². The molecule has 0 aromatic heterocycles. The fourth-order valence-corrected chi connectivity index (χ4v) is 14.7. The molecule has 3 aliphatic heterocycles. The van der Waals surface area contributed by atoms with Gasteiger partial charge in [-0.3, -0.25) is 9.59 Å². The minimum atomic E-state index is -4.80. The Hall–Kier alpha value is -3.30. The highest BCUT2D eigenvalue weighted by molar-refractivity contribution is 7.93. The first-order valence-electron chi connectivity index (χ1n) is 13.7. The maximum atomic E-state index is 14.5. The molecule has 3 saturated heterocycles. The summed E-state index contributed by atoms with van der Waals surface area (Å²) in [7, 11) is -15.3. The molecule has 3 aliphatic rings. The van der Waals surface area contributed by atoms with Gasteiger partial charge in [-0.2, -0.15) is 8.61 Å². The van der Waals surface area contributed by atoms with Gasteiger partial charge in [-0.15, -0.1) is 0 Å². The third-order valence-electron chi connectivity index (χ3n) is 7.97. The van der Waals surface area contributed by atoms with Gasteiger partial charge in [0.15, 0.2) is 19.7 Å². The standard InChI is InChI=1S/C26H32N4O12S4/c1-15(31)27-17-5-7-23(41-3)25(9-17)45(37,38)29-19-11-43(33,34)13-21(19)30(22-14-44(35,36)12-20(22)29)46(39,40)26-10-18(28-16(2)32)6-8-24(26)42-4/h5-10,19-22H,11-14H2,1-4H3,(H,27,31)(H,28,32)/t19-,20-,21-,22+/m0/s1. The van der Waals surface area contributed by atoms with Crippen LogP contribution in [0.3, 0.4) is 0 Å². The second kappa shape index (κ2) is 11.7. The number of benzene rings is 2. The summed E-state index contributed by atoms with van der Waals surface area (Å²) in [4.78, 5) is 22.5. The predicted octanol–water partition coefficient (Wildman–Crippen LogP) is -0.353. The number of nitrogens with one attached hydrogen (secondary N) is 2. The van der Waals surface area contributed by atoms with Gasteiger partial charge in [-0.25, -0.2) is 33.7 Å². The fourth-order valence-electron chi connectivity index (χ4n) is 6.34. The average Bonchev–Trinajstić information content (AvgIpc) is 3.42. The molecule has 46 heavy (non-hydrogen) atoms. The molecule has 252 valence electrons. The summed E-state index contributed by atoms with van der Waals surface area (Å²) < 4.78 is 123. The molecule has 0 bridgehead atoms. The molecule has 2 aromatic rings. The van der Waals surface area contributed by atoms with Crippen molar-refractivity contribution in [1.29, 1.82) is 0 Å². The van der Waals surface area contributed by atoms with Crippen LogP contribution in [-0.4, -0.2) is 115 Å². The molecule has 5 rings (SSSR count). The van der Waals surface area contributed by atoms with Crippen molar-refractivity contribution in [2.75, 3.05) is 47.9 Å². The van der Waals surface area contributed by atoms with Crippen molar-refractivity contribution >= 4 is 62.9 Å². The molecule has 4 atom stereocenters. The number of fused-ring (bicyclic) bond motifs is 2. The number of piperazine rings is 1. The van der Waals surface area contributed by atoms with Crippen molar-refractivity contribution in [1.82, 2.24) is 8.61 Å². The van der Waals surface area contributed by atoms with Gasteiger partial charge in [0.1, 0.15) is 21.3 Å². The average molecular weight is 721 g/mol. The Morgan fingerprint density at radius 1 is 0.652 bits per heavy atom. The molecule has 0 saturated carbocycles. The molecule has 3 fully saturated rings. The molecular weight excluding hydrogens is 689 g/mol. The maximum Gasteiger partial charge on any atom is 0.247 e. The summed E-state index contributed by atoms with van der Waals surface area (Å²) >= 11 is 0. The van der Waals surface area contributed by atoms with Crippen LogP contribution in [0.1, 0.15) is 13.8 Å². The van der Waals surface area contributed by atoms with E-state index < -0.39 is 109 Å². The minimum absolute atomic E-state index is 0.0745. The zero-order valence-electron chi connectivity index (χ0n) is 25.0. The number of hydrogen-bond acceptors (Lipinski definition) is 12. The molecule has 3 heterocycles. The summed E-state index contributed by atoms with van der Waals surface area (Å²) in [5.41, 5.74) is 0.149. The van der Waals surface area contributed by atoms with E-state index in [9.17, 15) is 43.3 Å². The SMILES string of the molecule is COc1ccc(NC(C)=O)cc1S(=O)(=O)N1[C@@H]2CS(=O)(=O)C[C@@H]2N(S(=O)(=O)c2cc(NC(C)=O)ccc2OC)[C@H]2CS(=O)(=O)C[C@@H]21. The van der Waals surface area contributed by atoms with Crippen LogP contribution < -0.4 is 20.1 Å². The first-order valence-corrected chi connectivity index (χ1v) is 20.2. The van der Waals surface area contributed by atoms with E-state index in [1.807, 2.05) is 0 Å². The quantitative estimate of drug-likeness (QED) is 0.358. The van der Waals surface area contributed by atoms with Crippen LogP contribution in [0, 0.1) is 0 Å². The number of sulfone groups is 2. The van der Waals surface area contributed by atoms with E-state index in [0.717, 1.165) is 20.7 Å². The predicted molar refractivity (Wildman–Crippen MR) is 165 cm³/mol. The summed E-state index contributed by atoms with van der Waals surface area (Å²) in [6.45, 7) is 2.42. The summed E-state index contributed by atoms with van der Waals surface area (Å²) in [5.74, 6) is -4.50. The normalized spacial score (nSPS) is 25.7. The summed E-state index contributed by atoms with van der Waals surface area (Å²) in [6, 6.07) is 1.42. The Balaban J connectivity index is 1.72. The van der Waals surface area contributed by atoms with E-state index in [-0.39, 0.29) is 22.9 Å². The first kappa shape index (κ1) is 34.0.